The van der Waals surface area contributed by atoms with Gasteiger partial charge < -0.3 is 9.73 Å². The number of anilines is 1. The molecule has 0 fully saturated rings. The molecule has 0 aliphatic carbocycles. The topological polar surface area (TPSA) is 59.3 Å². The Hall–Kier alpha value is -3.11. The second-order valence-electron chi connectivity index (χ2n) is 7.05. The number of ketones is 1. The van der Waals surface area contributed by atoms with E-state index >= 15 is 0 Å². The summed E-state index contributed by atoms with van der Waals surface area (Å²) in [5, 5.41) is 3.58. The predicted octanol–water partition coefficient (Wildman–Crippen LogP) is 6.21. The molecule has 0 bridgehead atoms. The molecule has 1 amide bonds. The molecule has 148 valence electrons. The lowest BCUT2D eigenvalue weighted by Gasteiger charge is -2.21. The number of allylic oxidation sites excluding steroid dienone is 1. The normalized spacial score (nSPS) is 12.3. The number of amides is 1. The molecule has 29 heavy (non-hydrogen) atoms. The number of nitrogens with one attached hydrogen (secondary N) is 1. The van der Waals surface area contributed by atoms with Crippen molar-refractivity contribution in [2.24, 2.45) is 5.92 Å². The van der Waals surface area contributed by atoms with Crippen LogP contribution < -0.4 is 5.32 Å². The predicted molar refractivity (Wildman–Crippen MR) is 116 cm³/mol. The van der Waals surface area contributed by atoms with Gasteiger partial charge in [-0.2, -0.15) is 0 Å². The van der Waals surface area contributed by atoms with Crippen molar-refractivity contribution in [3.8, 4) is 0 Å². The average Bonchev–Trinajstić information content (AvgIpc) is 3.22. The summed E-state index contributed by atoms with van der Waals surface area (Å²) in [6.45, 7) is 4.01. The lowest BCUT2D eigenvalue weighted by atomic mass is 9.87. The summed E-state index contributed by atoms with van der Waals surface area (Å²) in [7, 11) is 0. The highest BCUT2D eigenvalue weighted by molar-refractivity contribution is 6.30. The van der Waals surface area contributed by atoms with Gasteiger partial charge in [-0.3, -0.25) is 9.59 Å². The van der Waals surface area contributed by atoms with Crippen molar-refractivity contribution < 1.29 is 14.0 Å². The maximum atomic E-state index is 12.9. The first kappa shape index (κ1) is 20.6. The minimum absolute atomic E-state index is 0.0980. The molecule has 3 aromatic rings. The Morgan fingerprint density at radius 2 is 1.69 bits per heavy atom. The SMILES string of the molecule is CC(C)C(C(=O)Nc1ccc(C(=O)/C=C/c2ccco2)cc1)c1ccc(Cl)cc1. The van der Waals surface area contributed by atoms with Crippen LogP contribution in [0.1, 0.15) is 41.4 Å². The third kappa shape index (κ3) is 5.46. The first-order valence-corrected chi connectivity index (χ1v) is 9.74. The molecule has 0 aliphatic heterocycles. The minimum atomic E-state index is -0.301. The van der Waals surface area contributed by atoms with Gasteiger partial charge in [0, 0.05) is 16.3 Å². The fraction of sp³-hybridized carbons (Fsp3) is 0.167. The highest BCUT2D eigenvalue weighted by Gasteiger charge is 2.24. The third-order valence-electron chi connectivity index (χ3n) is 4.56. The largest absolute Gasteiger partial charge is 0.465 e. The molecule has 2 aromatic carbocycles. The summed E-state index contributed by atoms with van der Waals surface area (Å²) in [6, 6.07) is 17.7. The first-order chi connectivity index (χ1) is 13.9. The van der Waals surface area contributed by atoms with Crippen molar-refractivity contribution >= 4 is 35.1 Å². The van der Waals surface area contributed by atoms with Gasteiger partial charge in [0.25, 0.3) is 0 Å². The maximum absolute atomic E-state index is 12.9. The van der Waals surface area contributed by atoms with Crippen LogP contribution in [0.5, 0.6) is 0 Å². The molecule has 1 atom stereocenters. The van der Waals surface area contributed by atoms with Crippen LogP contribution in [0.3, 0.4) is 0 Å². The van der Waals surface area contributed by atoms with Crippen LogP contribution >= 0.6 is 11.6 Å². The molecule has 3 rings (SSSR count). The summed E-state index contributed by atoms with van der Waals surface area (Å²) in [4.78, 5) is 25.1. The van der Waals surface area contributed by atoms with Gasteiger partial charge in [0.05, 0.1) is 12.2 Å². The highest BCUT2D eigenvalue weighted by atomic mass is 35.5. The van der Waals surface area contributed by atoms with Gasteiger partial charge in [0.15, 0.2) is 5.78 Å². The van der Waals surface area contributed by atoms with Crippen LogP contribution in [0, 0.1) is 5.92 Å². The van der Waals surface area contributed by atoms with Gasteiger partial charge in [-0.05, 0) is 72.2 Å². The minimum Gasteiger partial charge on any atom is -0.465 e. The van der Waals surface area contributed by atoms with E-state index in [1.54, 1.807) is 60.9 Å². The summed E-state index contributed by atoms with van der Waals surface area (Å²) >= 11 is 5.96. The smallest absolute Gasteiger partial charge is 0.232 e. The molecular formula is C24H22ClNO3. The Morgan fingerprint density at radius 3 is 2.28 bits per heavy atom. The zero-order valence-electron chi connectivity index (χ0n) is 16.3. The quantitative estimate of drug-likeness (QED) is 0.374. The number of carbonyl (C=O) groups is 2. The van der Waals surface area contributed by atoms with Crippen LogP contribution in [0.25, 0.3) is 6.08 Å². The zero-order chi connectivity index (χ0) is 20.8. The standard InChI is InChI=1S/C24H22ClNO3/c1-16(2)23(18-5-9-19(25)10-6-18)24(28)26-20-11-7-17(8-12-20)22(27)14-13-21-4-3-15-29-21/h3-16,23H,1-2H3,(H,26,28)/b14-13+. The van der Waals surface area contributed by atoms with Crippen molar-refractivity contribution in [2.45, 2.75) is 19.8 Å². The average molecular weight is 408 g/mol. The molecule has 0 spiro atoms. The Bertz CT molecular complexity index is 988. The van der Waals surface area contributed by atoms with Crippen LogP contribution in [-0.4, -0.2) is 11.7 Å². The van der Waals surface area contributed by atoms with Crippen molar-refractivity contribution in [2.75, 3.05) is 5.32 Å². The Labute approximate surface area is 175 Å². The molecule has 0 radical (unpaired) electrons. The number of hydrogen-bond donors (Lipinski definition) is 1. The van der Waals surface area contributed by atoms with Crippen molar-refractivity contribution in [3.63, 3.8) is 0 Å². The number of halogens is 1. The molecule has 0 saturated carbocycles. The molecule has 1 unspecified atom stereocenters. The maximum Gasteiger partial charge on any atom is 0.232 e. The molecule has 0 aliphatic rings. The van der Waals surface area contributed by atoms with Gasteiger partial charge in [-0.25, -0.2) is 0 Å². The summed E-state index contributed by atoms with van der Waals surface area (Å²) in [6.07, 6.45) is 4.63. The number of carbonyl (C=O) groups excluding carboxylic acids is 2. The lowest BCUT2D eigenvalue weighted by molar-refractivity contribution is -0.118. The van der Waals surface area contributed by atoms with Gasteiger partial charge in [0.2, 0.25) is 5.91 Å². The lowest BCUT2D eigenvalue weighted by Crippen LogP contribution is -2.25. The number of hydrogen-bond acceptors (Lipinski definition) is 3. The molecule has 0 saturated heterocycles. The van der Waals surface area contributed by atoms with E-state index in [0.29, 0.717) is 22.0 Å². The second kappa shape index (κ2) is 9.39. The van der Waals surface area contributed by atoms with E-state index in [1.165, 1.54) is 6.08 Å². The summed E-state index contributed by atoms with van der Waals surface area (Å²) < 4.78 is 5.17. The molecule has 1 N–H and O–H groups in total. The van der Waals surface area contributed by atoms with Gasteiger partial charge in [0.1, 0.15) is 5.76 Å². The van der Waals surface area contributed by atoms with Gasteiger partial charge in [-0.1, -0.05) is 37.6 Å². The Kier molecular flexibility index (Phi) is 6.68. The Balaban J connectivity index is 1.68. The first-order valence-electron chi connectivity index (χ1n) is 9.36. The fourth-order valence-corrected chi connectivity index (χ4v) is 3.21. The van der Waals surface area contributed by atoms with Crippen LogP contribution in [0.2, 0.25) is 5.02 Å². The summed E-state index contributed by atoms with van der Waals surface area (Å²) in [5.41, 5.74) is 2.09. The Morgan fingerprint density at radius 1 is 1.00 bits per heavy atom. The van der Waals surface area contributed by atoms with E-state index in [9.17, 15) is 9.59 Å². The van der Waals surface area contributed by atoms with Crippen molar-refractivity contribution in [1.29, 1.82) is 0 Å². The van der Waals surface area contributed by atoms with Crippen LogP contribution in [0.15, 0.2) is 77.4 Å². The number of rotatable bonds is 7. The third-order valence-corrected chi connectivity index (χ3v) is 4.81. The second-order valence-corrected chi connectivity index (χ2v) is 7.49. The zero-order valence-corrected chi connectivity index (χ0v) is 17.0. The van der Waals surface area contributed by atoms with Crippen LogP contribution in [0.4, 0.5) is 5.69 Å². The number of furan rings is 1. The van der Waals surface area contributed by atoms with E-state index in [4.69, 9.17) is 16.0 Å². The molecular weight excluding hydrogens is 386 g/mol. The highest BCUT2D eigenvalue weighted by Crippen LogP contribution is 2.27. The van der Waals surface area contributed by atoms with Crippen molar-refractivity contribution in [3.05, 3.63) is 94.9 Å². The van der Waals surface area contributed by atoms with Gasteiger partial charge in [-0.15, -0.1) is 0 Å². The van der Waals surface area contributed by atoms with E-state index in [1.807, 2.05) is 26.0 Å². The van der Waals surface area contributed by atoms with Gasteiger partial charge >= 0.3 is 0 Å². The monoisotopic (exact) mass is 407 g/mol. The molecule has 1 aromatic heterocycles. The van der Waals surface area contributed by atoms with Crippen molar-refractivity contribution in [1.82, 2.24) is 0 Å². The van der Waals surface area contributed by atoms with Crippen LogP contribution in [-0.2, 0) is 4.79 Å². The van der Waals surface area contributed by atoms with E-state index in [0.717, 1.165) is 5.56 Å². The van der Waals surface area contributed by atoms with E-state index < -0.39 is 0 Å². The van der Waals surface area contributed by atoms with E-state index in [2.05, 4.69) is 5.32 Å². The molecule has 4 nitrogen and oxygen atoms in total. The van der Waals surface area contributed by atoms with E-state index in [-0.39, 0.29) is 23.5 Å². The summed E-state index contributed by atoms with van der Waals surface area (Å²) in [5.74, 6) is 0.192. The fourth-order valence-electron chi connectivity index (χ4n) is 3.09. The molecule has 1 heterocycles. The molecule has 5 heteroatoms. The number of benzene rings is 2.